The monoisotopic (exact) mass is 119 g/mol. The summed E-state index contributed by atoms with van der Waals surface area (Å²) < 4.78 is 15.9. The predicted molar refractivity (Wildman–Crippen MR) is 29.8 cm³/mol. The Morgan fingerprint density at radius 3 is 2.88 bits per heavy atom. The Labute approximate surface area is 48.1 Å². The number of halogens is 1. The van der Waals surface area contributed by atoms with E-state index in [1.165, 1.54) is 0 Å². The van der Waals surface area contributed by atoms with Crippen molar-refractivity contribution in [2.45, 2.75) is 13.4 Å². The maximum atomic E-state index is 11.5. The van der Waals surface area contributed by atoms with Crippen LogP contribution in [0.15, 0.2) is 12.2 Å². The Morgan fingerprint density at radius 1 is 1.88 bits per heavy atom. The summed E-state index contributed by atoms with van der Waals surface area (Å²) in [4.78, 5) is 0. The summed E-state index contributed by atoms with van der Waals surface area (Å²) in [5.41, 5.74) is 4.61. The zero-order valence-electron chi connectivity index (χ0n) is 4.80. The Kier molecular flexibility index (Phi) is 4.50. The number of ether oxygens (including phenoxy) is 1. The SMILES string of the molecule is C/C=C/COC(N)F. The van der Waals surface area contributed by atoms with Gasteiger partial charge in [0.05, 0.1) is 6.61 Å². The van der Waals surface area contributed by atoms with Crippen LogP contribution in [0.25, 0.3) is 0 Å². The molecule has 0 spiro atoms. The van der Waals surface area contributed by atoms with E-state index in [1.807, 2.05) is 6.92 Å². The summed E-state index contributed by atoms with van der Waals surface area (Å²) in [5.74, 6) is 0. The minimum absolute atomic E-state index is 0.244. The molecule has 0 heterocycles. The normalized spacial score (nSPS) is 14.9. The topological polar surface area (TPSA) is 35.2 Å². The standard InChI is InChI=1S/C5H10FNO/c1-2-3-4-8-5(6)7/h2-3,5H,4,7H2,1H3/b3-2+. The van der Waals surface area contributed by atoms with Crippen LogP contribution >= 0.6 is 0 Å². The first kappa shape index (κ1) is 7.59. The van der Waals surface area contributed by atoms with Gasteiger partial charge in [-0.25, -0.2) is 0 Å². The molecule has 48 valence electrons. The maximum absolute atomic E-state index is 11.5. The van der Waals surface area contributed by atoms with Crippen LogP contribution in [0, 0.1) is 0 Å². The lowest BCUT2D eigenvalue weighted by molar-refractivity contribution is -0.0189. The number of nitrogens with two attached hydrogens (primary N) is 1. The van der Waals surface area contributed by atoms with E-state index in [-0.39, 0.29) is 6.61 Å². The van der Waals surface area contributed by atoms with Gasteiger partial charge in [0.25, 0.3) is 6.48 Å². The third kappa shape index (κ3) is 5.59. The van der Waals surface area contributed by atoms with Crippen LogP contribution in [0.5, 0.6) is 0 Å². The number of rotatable bonds is 3. The average molecular weight is 119 g/mol. The van der Waals surface area contributed by atoms with Crippen molar-refractivity contribution in [3.63, 3.8) is 0 Å². The Balaban J connectivity index is 2.93. The number of hydrogen-bond acceptors (Lipinski definition) is 2. The van der Waals surface area contributed by atoms with Crippen molar-refractivity contribution in [3.05, 3.63) is 12.2 Å². The van der Waals surface area contributed by atoms with Gasteiger partial charge in [-0.2, -0.15) is 4.39 Å². The molecule has 1 unspecified atom stereocenters. The molecule has 2 nitrogen and oxygen atoms in total. The molecular weight excluding hydrogens is 109 g/mol. The van der Waals surface area contributed by atoms with Crippen LogP contribution < -0.4 is 5.73 Å². The van der Waals surface area contributed by atoms with Crippen LogP contribution in [-0.4, -0.2) is 13.1 Å². The second kappa shape index (κ2) is 4.74. The summed E-state index contributed by atoms with van der Waals surface area (Å²) in [5, 5.41) is 0. The first-order valence-corrected chi connectivity index (χ1v) is 2.39. The molecule has 0 aliphatic rings. The van der Waals surface area contributed by atoms with Gasteiger partial charge in [0, 0.05) is 0 Å². The number of allylic oxidation sites excluding steroid dienone is 1. The Bertz CT molecular complexity index is 72.8. The second-order valence-corrected chi connectivity index (χ2v) is 1.25. The van der Waals surface area contributed by atoms with Crippen molar-refractivity contribution in [1.29, 1.82) is 0 Å². The number of alkyl halides is 1. The van der Waals surface area contributed by atoms with Gasteiger partial charge in [0.1, 0.15) is 0 Å². The molecule has 2 N–H and O–H groups in total. The fourth-order valence-corrected chi connectivity index (χ4v) is 0.244. The molecule has 8 heavy (non-hydrogen) atoms. The van der Waals surface area contributed by atoms with Gasteiger partial charge in [0.2, 0.25) is 0 Å². The first-order valence-electron chi connectivity index (χ1n) is 2.39. The van der Waals surface area contributed by atoms with Gasteiger partial charge in [-0.15, -0.1) is 0 Å². The molecule has 0 saturated heterocycles. The quantitative estimate of drug-likeness (QED) is 0.338. The van der Waals surface area contributed by atoms with E-state index in [1.54, 1.807) is 12.2 Å². The van der Waals surface area contributed by atoms with E-state index in [2.05, 4.69) is 10.5 Å². The highest BCUT2D eigenvalue weighted by atomic mass is 19.1. The average Bonchev–Trinajstić information content (AvgIpc) is 1.66. The maximum Gasteiger partial charge on any atom is 0.253 e. The van der Waals surface area contributed by atoms with Gasteiger partial charge in [-0.3, -0.25) is 5.73 Å². The molecule has 0 bridgehead atoms. The van der Waals surface area contributed by atoms with Crippen molar-refractivity contribution < 1.29 is 9.13 Å². The first-order chi connectivity index (χ1) is 3.77. The van der Waals surface area contributed by atoms with Crippen LogP contribution in [0.4, 0.5) is 4.39 Å². The van der Waals surface area contributed by atoms with Gasteiger partial charge in [-0.05, 0) is 6.92 Å². The van der Waals surface area contributed by atoms with Crippen molar-refractivity contribution in [2.24, 2.45) is 5.73 Å². The molecule has 0 amide bonds. The molecule has 0 aromatic heterocycles. The lowest BCUT2D eigenvalue weighted by Crippen LogP contribution is -2.17. The van der Waals surface area contributed by atoms with Crippen LogP contribution in [0.3, 0.4) is 0 Å². The highest BCUT2D eigenvalue weighted by Crippen LogP contribution is 1.82. The van der Waals surface area contributed by atoms with Crippen molar-refractivity contribution in [1.82, 2.24) is 0 Å². The van der Waals surface area contributed by atoms with Crippen molar-refractivity contribution in [2.75, 3.05) is 6.61 Å². The molecule has 0 saturated carbocycles. The molecule has 0 aliphatic heterocycles. The zero-order chi connectivity index (χ0) is 6.41. The van der Waals surface area contributed by atoms with Gasteiger partial charge in [0.15, 0.2) is 0 Å². The molecule has 0 aromatic rings. The fourth-order valence-electron chi connectivity index (χ4n) is 0.244. The second-order valence-electron chi connectivity index (χ2n) is 1.25. The molecule has 0 rings (SSSR count). The minimum atomic E-state index is -1.65. The van der Waals surface area contributed by atoms with Crippen LogP contribution in [0.1, 0.15) is 6.92 Å². The van der Waals surface area contributed by atoms with E-state index >= 15 is 0 Å². The zero-order valence-corrected chi connectivity index (χ0v) is 4.80. The summed E-state index contributed by atoms with van der Waals surface area (Å²) in [6.07, 6.45) is 3.45. The molecule has 3 heteroatoms. The van der Waals surface area contributed by atoms with Gasteiger partial charge < -0.3 is 4.74 Å². The minimum Gasteiger partial charge on any atom is -0.332 e. The Morgan fingerprint density at radius 2 is 2.50 bits per heavy atom. The fraction of sp³-hybridized carbons (Fsp3) is 0.600. The smallest absolute Gasteiger partial charge is 0.253 e. The molecule has 0 aromatic carbocycles. The third-order valence-corrected chi connectivity index (χ3v) is 0.587. The van der Waals surface area contributed by atoms with Gasteiger partial charge >= 0.3 is 0 Å². The summed E-state index contributed by atoms with van der Waals surface area (Å²) in [6.45, 7) is 0.424. The summed E-state index contributed by atoms with van der Waals surface area (Å²) >= 11 is 0. The lowest BCUT2D eigenvalue weighted by atomic mass is 10.6. The van der Waals surface area contributed by atoms with E-state index in [9.17, 15) is 4.39 Å². The van der Waals surface area contributed by atoms with Crippen LogP contribution in [0.2, 0.25) is 0 Å². The molecule has 1 atom stereocenters. The lowest BCUT2D eigenvalue weighted by Gasteiger charge is -1.97. The van der Waals surface area contributed by atoms with E-state index < -0.39 is 6.48 Å². The summed E-state index contributed by atoms with van der Waals surface area (Å²) in [6, 6.07) is 0. The molecule has 0 fully saturated rings. The predicted octanol–water partition coefficient (Wildman–Crippen LogP) is 0.791. The Hall–Kier alpha value is -0.410. The third-order valence-electron chi connectivity index (χ3n) is 0.587. The van der Waals surface area contributed by atoms with Crippen LogP contribution in [-0.2, 0) is 4.74 Å². The van der Waals surface area contributed by atoms with E-state index in [4.69, 9.17) is 0 Å². The van der Waals surface area contributed by atoms with Gasteiger partial charge in [-0.1, -0.05) is 12.2 Å². The summed E-state index contributed by atoms with van der Waals surface area (Å²) in [7, 11) is 0. The van der Waals surface area contributed by atoms with Crippen molar-refractivity contribution >= 4 is 0 Å². The highest BCUT2D eigenvalue weighted by Gasteiger charge is 1.90. The highest BCUT2D eigenvalue weighted by molar-refractivity contribution is 4.75. The van der Waals surface area contributed by atoms with E-state index in [0.717, 1.165) is 0 Å². The molecular formula is C5H10FNO. The largest absolute Gasteiger partial charge is 0.332 e. The molecule has 0 aliphatic carbocycles. The van der Waals surface area contributed by atoms with E-state index in [0.29, 0.717) is 0 Å². The molecule has 0 radical (unpaired) electrons. The van der Waals surface area contributed by atoms with Crippen molar-refractivity contribution in [3.8, 4) is 0 Å². The number of hydrogen-bond donors (Lipinski definition) is 1.